The number of hydrogen-bond donors (Lipinski definition) is 0. The minimum atomic E-state index is -0.266. The molecule has 0 aliphatic heterocycles. The Morgan fingerprint density at radius 3 is 2.57 bits per heavy atom. The van der Waals surface area contributed by atoms with Gasteiger partial charge in [-0.3, -0.25) is 9.78 Å². The maximum Gasteiger partial charge on any atom is 0.257 e. The minimum Gasteiger partial charge on any atom is -0.334 e. The molecule has 5 nitrogen and oxygen atoms in total. The van der Waals surface area contributed by atoms with Crippen LogP contribution < -0.4 is 0 Å². The molecule has 0 fully saturated rings. The second-order valence-corrected chi connectivity index (χ2v) is 6.60. The van der Waals surface area contributed by atoms with E-state index in [0.717, 1.165) is 29.7 Å². The number of benzene rings is 1. The van der Waals surface area contributed by atoms with Crippen LogP contribution in [0, 0.1) is 5.82 Å². The number of carbonyl (C=O) groups excluding carboxylic acids is 1. The highest BCUT2D eigenvalue weighted by Gasteiger charge is 2.20. The fourth-order valence-electron chi connectivity index (χ4n) is 3.02. The molecule has 2 heterocycles. The first-order valence-electron chi connectivity index (χ1n) is 9.39. The van der Waals surface area contributed by atoms with Crippen molar-refractivity contribution in [2.75, 3.05) is 6.54 Å². The van der Waals surface area contributed by atoms with E-state index in [0.29, 0.717) is 25.1 Å². The van der Waals surface area contributed by atoms with Crippen LogP contribution in [0.25, 0.3) is 0 Å². The van der Waals surface area contributed by atoms with Gasteiger partial charge in [-0.1, -0.05) is 31.5 Å². The van der Waals surface area contributed by atoms with Crippen LogP contribution >= 0.6 is 0 Å². The zero-order chi connectivity index (χ0) is 19.8. The first-order valence-corrected chi connectivity index (χ1v) is 9.39. The first kappa shape index (κ1) is 19.6. The highest BCUT2D eigenvalue weighted by atomic mass is 19.1. The lowest BCUT2D eigenvalue weighted by molar-refractivity contribution is 0.0742. The molecule has 0 aliphatic rings. The largest absolute Gasteiger partial charge is 0.334 e. The fourth-order valence-corrected chi connectivity index (χ4v) is 3.02. The molecule has 2 aromatic heterocycles. The number of halogens is 1. The lowest BCUT2D eigenvalue weighted by Gasteiger charge is -2.23. The number of aromatic nitrogens is 3. The Balaban J connectivity index is 1.82. The molecule has 0 N–H and O–H groups in total. The smallest absolute Gasteiger partial charge is 0.257 e. The van der Waals surface area contributed by atoms with Gasteiger partial charge in [0.2, 0.25) is 0 Å². The molecule has 0 unspecified atom stereocenters. The van der Waals surface area contributed by atoms with Gasteiger partial charge in [-0.15, -0.1) is 0 Å². The predicted molar refractivity (Wildman–Crippen MR) is 105 cm³/mol. The Morgan fingerprint density at radius 1 is 1.04 bits per heavy atom. The second-order valence-electron chi connectivity index (χ2n) is 6.60. The third kappa shape index (κ3) is 5.19. The Bertz CT molecular complexity index is 900. The van der Waals surface area contributed by atoms with Crippen molar-refractivity contribution >= 4 is 5.91 Å². The number of aryl methyl sites for hydroxylation is 1. The summed E-state index contributed by atoms with van der Waals surface area (Å²) < 4.78 is 13.2. The maximum absolute atomic E-state index is 13.3. The summed E-state index contributed by atoms with van der Waals surface area (Å²) in [5, 5.41) is 0. The van der Waals surface area contributed by atoms with Crippen molar-refractivity contribution in [1.29, 1.82) is 0 Å². The quantitative estimate of drug-likeness (QED) is 0.597. The molecule has 28 heavy (non-hydrogen) atoms. The molecular weight excluding hydrogens is 355 g/mol. The van der Waals surface area contributed by atoms with E-state index in [1.54, 1.807) is 35.6 Å². The first-order chi connectivity index (χ1) is 13.7. The van der Waals surface area contributed by atoms with Gasteiger partial charge in [-0.2, -0.15) is 0 Å². The molecule has 0 aliphatic carbocycles. The molecule has 3 rings (SSSR count). The number of carbonyl (C=O) groups is 1. The summed E-state index contributed by atoms with van der Waals surface area (Å²) in [4.78, 5) is 27.6. The molecule has 1 aromatic carbocycles. The summed E-state index contributed by atoms with van der Waals surface area (Å²) >= 11 is 0. The average Bonchev–Trinajstić information content (AvgIpc) is 2.73. The van der Waals surface area contributed by atoms with Crippen LogP contribution in [0.2, 0.25) is 0 Å². The van der Waals surface area contributed by atoms with Gasteiger partial charge in [0.1, 0.15) is 12.1 Å². The maximum atomic E-state index is 13.3. The molecule has 0 radical (unpaired) electrons. The second kappa shape index (κ2) is 9.69. The SMILES string of the molecule is CCCc1ncncc1C(=O)N(CCc1ccc(F)cc1)Cc1cccnc1. The van der Waals surface area contributed by atoms with Gasteiger partial charge in [0, 0.05) is 31.7 Å². The normalized spacial score (nSPS) is 10.6. The number of amides is 1. The van der Waals surface area contributed by atoms with Crippen LogP contribution in [0.15, 0.2) is 61.3 Å². The molecule has 6 heteroatoms. The summed E-state index contributed by atoms with van der Waals surface area (Å²) in [5.41, 5.74) is 3.22. The van der Waals surface area contributed by atoms with E-state index >= 15 is 0 Å². The van der Waals surface area contributed by atoms with Crippen LogP contribution in [-0.2, 0) is 19.4 Å². The van der Waals surface area contributed by atoms with Crippen LogP contribution in [0.5, 0.6) is 0 Å². The lowest BCUT2D eigenvalue weighted by Crippen LogP contribution is -2.33. The van der Waals surface area contributed by atoms with Crippen molar-refractivity contribution in [3.8, 4) is 0 Å². The van der Waals surface area contributed by atoms with Crippen molar-refractivity contribution in [2.24, 2.45) is 0 Å². The molecular formula is C22H23FN4O. The van der Waals surface area contributed by atoms with Gasteiger partial charge in [-0.05, 0) is 42.2 Å². The van der Waals surface area contributed by atoms with E-state index in [9.17, 15) is 9.18 Å². The number of nitrogens with zero attached hydrogens (tertiary/aromatic N) is 4. The van der Waals surface area contributed by atoms with Crippen LogP contribution in [0.4, 0.5) is 4.39 Å². The van der Waals surface area contributed by atoms with Gasteiger partial charge in [0.25, 0.3) is 5.91 Å². The Morgan fingerprint density at radius 2 is 1.86 bits per heavy atom. The molecule has 0 saturated carbocycles. The van der Waals surface area contributed by atoms with Crippen LogP contribution in [0.1, 0.15) is 40.5 Å². The highest BCUT2D eigenvalue weighted by Crippen LogP contribution is 2.14. The summed E-state index contributed by atoms with van der Waals surface area (Å²) in [6.45, 7) is 2.99. The Kier molecular flexibility index (Phi) is 6.78. The standard InChI is InChI=1S/C22H23FN4O/c1-2-4-21-20(14-25-16-26-21)22(28)27(15-18-5-3-11-24-13-18)12-10-17-6-8-19(23)9-7-17/h3,5-9,11,13-14,16H,2,4,10,12,15H2,1H3. The number of hydrogen-bond acceptors (Lipinski definition) is 4. The highest BCUT2D eigenvalue weighted by molar-refractivity contribution is 5.95. The molecule has 3 aromatic rings. The predicted octanol–water partition coefficient (Wildman–Crippen LogP) is 3.85. The minimum absolute atomic E-state index is 0.102. The zero-order valence-corrected chi connectivity index (χ0v) is 15.9. The van der Waals surface area contributed by atoms with Gasteiger partial charge in [-0.25, -0.2) is 14.4 Å². The van der Waals surface area contributed by atoms with Gasteiger partial charge in [0.15, 0.2) is 0 Å². The zero-order valence-electron chi connectivity index (χ0n) is 15.9. The summed E-state index contributed by atoms with van der Waals surface area (Å²) in [6, 6.07) is 10.2. The van der Waals surface area contributed by atoms with Gasteiger partial charge >= 0.3 is 0 Å². The third-order valence-electron chi connectivity index (χ3n) is 4.48. The van der Waals surface area contributed by atoms with Crippen molar-refractivity contribution in [3.63, 3.8) is 0 Å². The van der Waals surface area contributed by atoms with Gasteiger partial charge < -0.3 is 4.90 Å². The fraction of sp³-hybridized carbons (Fsp3) is 0.273. The third-order valence-corrected chi connectivity index (χ3v) is 4.48. The Hall–Kier alpha value is -3.15. The van der Waals surface area contributed by atoms with E-state index in [-0.39, 0.29) is 11.7 Å². The van der Waals surface area contributed by atoms with Crippen LogP contribution in [-0.4, -0.2) is 32.3 Å². The molecule has 0 saturated heterocycles. The van der Waals surface area contributed by atoms with E-state index in [1.807, 2.05) is 12.1 Å². The van der Waals surface area contributed by atoms with Crippen molar-refractivity contribution < 1.29 is 9.18 Å². The molecule has 0 bridgehead atoms. The average molecular weight is 378 g/mol. The topological polar surface area (TPSA) is 59.0 Å². The monoisotopic (exact) mass is 378 g/mol. The summed E-state index contributed by atoms with van der Waals surface area (Å²) in [5.74, 6) is -0.368. The van der Waals surface area contributed by atoms with E-state index < -0.39 is 0 Å². The molecule has 0 spiro atoms. The summed E-state index contributed by atoms with van der Waals surface area (Å²) in [7, 11) is 0. The van der Waals surface area contributed by atoms with Crippen molar-refractivity contribution in [1.82, 2.24) is 19.9 Å². The molecule has 1 amide bonds. The van der Waals surface area contributed by atoms with Crippen molar-refractivity contribution in [3.05, 3.63) is 89.5 Å². The number of rotatable bonds is 8. The van der Waals surface area contributed by atoms with Crippen LogP contribution in [0.3, 0.4) is 0 Å². The van der Waals surface area contributed by atoms with Gasteiger partial charge in [0.05, 0.1) is 11.3 Å². The lowest BCUT2D eigenvalue weighted by atomic mass is 10.1. The summed E-state index contributed by atoms with van der Waals surface area (Å²) in [6.07, 6.45) is 8.78. The van der Waals surface area contributed by atoms with Crippen molar-refractivity contribution in [2.45, 2.75) is 32.7 Å². The molecule has 0 atom stereocenters. The van der Waals surface area contributed by atoms with E-state index in [1.165, 1.54) is 18.5 Å². The number of pyridine rings is 1. The van der Waals surface area contributed by atoms with E-state index in [4.69, 9.17) is 0 Å². The van der Waals surface area contributed by atoms with E-state index in [2.05, 4.69) is 21.9 Å². The molecule has 144 valence electrons. The Labute approximate surface area is 164 Å².